The number of ether oxygens (including phenoxy) is 1. The summed E-state index contributed by atoms with van der Waals surface area (Å²) in [6, 6.07) is 4.92. The first-order valence-electron chi connectivity index (χ1n) is 10.1. The van der Waals surface area contributed by atoms with E-state index in [1.165, 1.54) is 0 Å². The molecule has 2 saturated heterocycles. The van der Waals surface area contributed by atoms with E-state index in [-0.39, 0.29) is 17.6 Å². The van der Waals surface area contributed by atoms with Crippen LogP contribution in [0.25, 0.3) is 0 Å². The molecular formula is C21H26Cl2N2O3. The topological polar surface area (TPSA) is 58.6 Å². The Morgan fingerprint density at radius 3 is 2.89 bits per heavy atom. The number of carbonyl (C=O) groups excluding carboxylic acids is 2. The number of anilines is 1. The van der Waals surface area contributed by atoms with Crippen LogP contribution in [0.2, 0.25) is 10.0 Å². The summed E-state index contributed by atoms with van der Waals surface area (Å²) in [6.07, 6.45) is 5.74. The molecule has 152 valence electrons. The lowest BCUT2D eigenvalue weighted by Gasteiger charge is -2.51. The Bertz CT molecular complexity index is 787. The van der Waals surface area contributed by atoms with Crippen molar-refractivity contribution in [3.05, 3.63) is 28.2 Å². The molecular weight excluding hydrogens is 399 g/mol. The van der Waals surface area contributed by atoms with Gasteiger partial charge in [-0.3, -0.25) is 10.1 Å². The highest BCUT2D eigenvalue weighted by Gasteiger charge is 2.55. The van der Waals surface area contributed by atoms with Crippen molar-refractivity contribution in [3.63, 3.8) is 0 Å². The Labute approximate surface area is 175 Å². The fourth-order valence-corrected chi connectivity index (χ4v) is 6.02. The first-order valence-corrected chi connectivity index (χ1v) is 10.9. The highest BCUT2D eigenvalue weighted by atomic mass is 35.5. The molecule has 0 aromatic heterocycles. The first-order chi connectivity index (χ1) is 13.4. The summed E-state index contributed by atoms with van der Waals surface area (Å²) >= 11 is 12.1. The van der Waals surface area contributed by atoms with E-state index in [0.29, 0.717) is 34.0 Å². The van der Waals surface area contributed by atoms with Gasteiger partial charge in [-0.2, -0.15) is 0 Å². The van der Waals surface area contributed by atoms with Crippen molar-refractivity contribution in [2.24, 2.45) is 11.8 Å². The average molecular weight is 425 g/mol. The van der Waals surface area contributed by atoms with Crippen LogP contribution in [0.4, 0.5) is 10.5 Å². The Morgan fingerprint density at radius 2 is 2.07 bits per heavy atom. The molecule has 1 spiro atoms. The SMILES string of the molecule is C[C@H]1[C@@H](OC(=O)Nc2cc(Cl)ccc2Cl)CC[C@@]23CCCN2C(=O)CCC[C@@H]13. The maximum Gasteiger partial charge on any atom is 0.411 e. The second-order valence-electron chi connectivity index (χ2n) is 8.34. The van der Waals surface area contributed by atoms with Gasteiger partial charge in [-0.25, -0.2) is 4.79 Å². The quantitative estimate of drug-likeness (QED) is 0.681. The van der Waals surface area contributed by atoms with Gasteiger partial charge in [-0.05, 0) is 68.6 Å². The predicted octanol–water partition coefficient (Wildman–Crippen LogP) is 5.50. The summed E-state index contributed by atoms with van der Waals surface area (Å²) < 4.78 is 5.81. The molecule has 1 N–H and O–H groups in total. The average Bonchev–Trinajstić information content (AvgIpc) is 3.02. The van der Waals surface area contributed by atoms with Crippen LogP contribution in [-0.2, 0) is 9.53 Å². The van der Waals surface area contributed by atoms with Crippen LogP contribution in [-0.4, -0.2) is 35.1 Å². The Kier molecular flexibility index (Phi) is 5.49. The van der Waals surface area contributed by atoms with Crippen molar-refractivity contribution >= 4 is 40.9 Å². The van der Waals surface area contributed by atoms with Crippen molar-refractivity contribution < 1.29 is 14.3 Å². The Morgan fingerprint density at radius 1 is 1.25 bits per heavy atom. The van der Waals surface area contributed by atoms with Crippen molar-refractivity contribution in [3.8, 4) is 0 Å². The van der Waals surface area contributed by atoms with E-state index < -0.39 is 6.09 Å². The molecule has 4 atom stereocenters. The lowest BCUT2D eigenvalue weighted by atomic mass is 9.64. The number of rotatable bonds is 2. The molecule has 0 unspecified atom stereocenters. The Hall–Kier alpha value is -1.46. The van der Waals surface area contributed by atoms with E-state index >= 15 is 0 Å². The minimum atomic E-state index is -0.509. The van der Waals surface area contributed by atoms with Crippen LogP contribution in [0, 0.1) is 11.8 Å². The van der Waals surface area contributed by atoms with Crippen LogP contribution >= 0.6 is 23.2 Å². The summed E-state index contributed by atoms with van der Waals surface area (Å²) in [6.45, 7) is 3.05. The zero-order valence-electron chi connectivity index (χ0n) is 16.0. The lowest BCUT2D eigenvalue weighted by molar-refractivity contribution is -0.140. The number of carbonyl (C=O) groups is 2. The van der Waals surface area contributed by atoms with E-state index in [0.717, 1.165) is 45.1 Å². The van der Waals surface area contributed by atoms with Gasteiger partial charge in [0.15, 0.2) is 0 Å². The van der Waals surface area contributed by atoms with Crippen molar-refractivity contribution in [2.75, 3.05) is 11.9 Å². The number of amides is 2. The normalized spacial score (nSPS) is 32.3. The van der Waals surface area contributed by atoms with E-state index in [9.17, 15) is 9.59 Å². The minimum Gasteiger partial charge on any atom is -0.446 e. The second kappa shape index (κ2) is 7.75. The molecule has 5 nitrogen and oxygen atoms in total. The third-order valence-electron chi connectivity index (χ3n) is 6.93. The monoisotopic (exact) mass is 424 g/mol. The molecule has 3 aliphatic rings. The molecule has 0 radical (unpaired) electrons. The van der Waals surface area contributed by atoms with Gasteiger partial charge in [-0.1, -0.05) is 30.1 Å². The molecule has 3 fully saturated rings. The van der Waals surface area contributed by atoms with Gasteiger partial charge in [0.1, 0.15) is 6.10 Å². The maximum atomic E-state index is 12.6. The zero-order valence-corrected chi connectivity index (χ0v) is 17.6. The molecule has 2 heterocycles. The number of halogens is 2. The molecule has 1 aromatic rings. The number of nitrogens with one attached hydrogen (secondary N) is 1. The second-order valence-corrected chi connectivity index (χ2v) is 9.19. The minimum absolute atomic E-state index is 0.0282. The standard InChI is InChI=1S/C21H26Cl2N2O3/c1-13-15-4-2-5-19(26)25-11-3-9-21(15,25)10-8-18(13)28-20(27)24-17-12-14(22)6-7-16(17)23/h6-7,12-13,15,18H,2-5,8-11H2,1H3,(H,24,27)/t13-,15+,18+,21-/m1/s1. The molecule has 2 amide bonds. The van der Waals surface area contributed by atoms with Crippen LogP contribution < -0.4 is 5.32 Å². The van der Waals surface area contributed by atoms with Crippen LogP contribution in [0.15, 0.2) is 18.2 Å². The third-order valence-corrected chi connectivity index (χ3v) is 7.50. The van der Waals surface area contributed by atoms with Gasteiger partial charge < -0.3 is 9.64 Å². The smallest absolute Gasteiger partial charge is 0.411 e. The molecule has 4 rings (SSSR count). The largest absolute Gasteiger partial charge is 0.446 e. The number of benzene rings is 1. The summed E-state index contributed by atoms with van der Waals surface area (Å²) in [5, 5.41) is 3.63. The first kappa shape index (κ1) is 19.8. The van der Waals surface area contributed by atoms with Crippen molar-refractivity contribution in [1.82, 2.24) is 4.90 Å². The summed E-state index contributed by atoms with van der Waals surface area (Å²) in [4.78, 5) is 27.2. The highest BCUT2D eigenvalue weighted by molar-refractivity contribution is 6.35. The fraction of sp³-hybridized carbons (Fsp3) is 0.619. The van der Waals surface area contributed by atoms with Gasteiger partial charge >= 0.3 is 6.09 Å². The molecule has 1 saturated carbocycles. The van der Waals surface area contributed by atoms with Gasteiger partial charge in [-0.15, -0.1) is 0 Å². The van der Waals surface area contributed by atoms with E-state index in [1.54, 1.807) is 18.2 Å². The zero-order chi connectivity index (χ0) is 19.9. The summed E-state index contributed by atoms with van der Waals surface area (Å²) in [5.41, 5.74) is 0.417. The van der Waals surface area contributed by atoms with Crippen LogP contribution in [0.3, 0.4) is 0 Å². The van der Waals surface area contributed by atoms with E-state index in [2.05, 4.69) is 17.1 Å². The van der Waals surface area contributed by atoms with Crippen molar-refractivity contribution in [2.45, 2.75) is 63.5 Å². The van der Waals surface area contributed by atoms with Gasteiger partial charge in [0, 0.05) is 23.5 Å². The van der Waals surface area contributed by atoms with E-state index in [4.69, 9.17) is 27.9 Å². The molecule has 0 bridgehead atoms. The van der Waals surface area contributed by atoms with Crippen LogP contribution in [0.1, 0.15) is 51.9 Å². The van der Waals surface area contributed by atoms with Crippen molar-refractivity contribution in [1.29, 1.82) is 0 Å². The number of nitrogens with zero attached hydrogens (tertiary/aromatic N) is 1. The fourth-order valence-electron chi connectivity index (χ4n) is 5.68. The van der Waals surface area contributed by atoms with Gasteiger partial charge in [0.05, 0.1) is 10.7 Å². The summed E-state index contributed by atoms with van der Waals surface area (Å²) in [5.74, 6) is 0.892. The molecule has 1 aromatic carbocycles. The summed E-state index contributed by atoms with van der Waals surface area (Å²) in [7, 11) is 0. The maximum absolute atomic E-state index is 12.6. The number of hydrogen-bond donors (Lipinski definition) is 1. The molecule has 2 aliphatic heterocycles. The number of hydrogen-bond acceptors (Lipinski definition) is 3. The van der Waals surface area contributed by atoms with Gasteiger partial charge in [0.2, 0.25) is 5.91 Å². The molecule has 1 aliphatic carbocycles. The lowest BCUT2D eigenvalue weighted by Crippen LogP contribution is -2.57. The predicted molar refractivity (Wildman–Crippen MR) is 110 cm³/mol. The molecule has 28 heavy (non-hydrogen) atoms. The van der Waals surface area contributed by atoms with E-state index in [1.807, 2.05) is 0 Å². The Balaban J connectivity index is 1.47. The third kappa shape index (κ3) is 3.48. The molecule has 7 heteroatoms. The van der Waals surface area contributed by atoms with Crippen LogP contribution in [0.5, 0.6) is 0 Å². The van der Waals surface area contributed by atoms with Gasteiger partial charge in [0.25, 0.3) is 0 Å². The highest BCUT2D eigenvalue weighted by Crippen LogP contribution is 2.52.